The first-order valence-electron chi connectivity index (χ1n) is 5.88. The van der Waals surface area contributed by atoms with Gasteiger partial charge >= 0.3 is 6.18 Å². The number of halogens is 3. The van der Waals surface area contributed by atoms with Gasteiger partial charge in [0.25, 0.3) is 0 Å². The normalized spacial score (nSPS) is 13.7. The van der Waals surface area contributed by atoms with Crippen molar-refractivity contribution in [2.24, 2.45) is 5.84 Å². The van der Waals surface area contributed by atoms with E-state index in [0.717, 1.165) is 10.9 Å². The highest BCUT2D eigenvalue weighted by Gasteiger charge is 2.28. The van der Waals surface area contributed by atoms with E-state index in [1.807, 2.05) is 30.3 Å². The number of pyridine rings is 1. The molecule has 3 N–H and O–H groups in total. The number of nitrogens with one attached hydrogen (secondary N) is 1. The number of aromatic nitrogens is 1. The molecule has 1 heterocycles. The molecule has 1 aromatic carbocycles. The summed E-state index contributed by atoms with van der Waals surface area (Å²) in [5.74, 6) is 5.32. The van der Waals surface area contributed by atoms with E-state index in [1.54, 1.807) is 6.07 Å². The van der Waals surface area contributed by atoms with Gasteiger partial charge in [-0.1, -0.05) is 24.3 Å². The molecule has 0 saturated carbocycles. The van der Waals surface area contributed by atoms with Crippen molar-refractivity contribution in [1.82, 2.24) is 10.4 Å². The van der Waals surface area contributed by atoms with Crippen LogP contribution in [0, 0.1) is 0 Å². The average molecular weight is 269 g/mol. The molecule has 0 aliphatic carbocycles. The predicted octanol–water partition coefficient (Wildman–Crippen LogP) is 3.08. The van der Waals surface area contributed by atoms with Gasteiger partial charge in [0.2, 0.25) is 0 Å². The van der Waals surface area contributed by atoms with Crippen LogP contribution in [0.2, 0.25) is 0 Å². The van der Waals surface area contributed by atoms with Crippen LogP contribution >= 0.6 is 0 Å². The number of hydrazine groups is 1. The number of rotatable bonds is 4. The Balaban J connectivity index is 2.20. The Labute approximate surface area is 108 Å². The van der Waals surface area contributed by atoms with Crippen molar-refractivity contribution in [3.63, 3.8) is 0 Å². The van der Waals surface area contributed by atoms with Crippen molar-refractivity contribution in [3.05, 3.63) is 42.1 Å². The molecule has 6 heteroatoms. The number of alkyl halides is 3. The van der Waals surface area contributed by atoms with Gasteiger partial charge in [0.1, 0.15) is 0 Å². The van der Waals surface area contributed by atoms with E-state index >= 15 is 0 Å². The minimum Gasteiger partial charge on any atom is -0.271 e. The van der Waals surface area contributed by atoms with Gasteiger partial charge in [-0.05, 0) is 18.6 Å². The maximum atomic E-state index is 12.2. The first-order valence-corrected chi connectivity index (χ1v) is 5.88. The minimum absolute atomic E-state index is 0.134. The van der Waals surface area contributed by atoms with Gasteiger partial charge in [0.15, 0.2) is 0 Å². The molecule has 19 heavy (non-hydrogen) atoms. The van der Waals surface area contributed by atoms with Crippen molar-refractivity contribution >= 4 is 10.9 Å². The number of hydrogen-bond donors (Lipinski definition) is 2. The van der Waals surface area contributed by atoms with E-state index in [1.165, 1.54) is 0 Å². The first kappa shape index (κ1) is 13.8. The molecule has 2 aromatic rings. The number of nitrogens with two attached hydrogens (primary N) is 1. The van der Waals surface area contributed by atoms with Crippen LogP contribution in [0.4, 0.5) is 13.2 Å². The van der Waals surface area contributed by atoms with Crippen LogP contribution < -0.4 is 11.3 Å². The summed E-state index contributed by atoms with van der Waals surface area (Å²) < 4.78 is 36.7. The summed E-state index contributed by atoms with van der Waals surface area (Å²) in [4.78, 5) is 4.34. The van der Waals surface area contributed by atoms with Crippen LogP contribution in [-0.4, -0.2) is 11.2 Å². The molecule has 0 bridgehead atoms. The summed E-state index contributed by atoms with van der Waals surface area (Å²) >= 11 is 0. The largest absolute Gasteiger partial charge is 0.389 e. The summed E-state index contributed by atoms with van der Waals surface area (Å²) in [5.41, 5.74) is 3.65. The Bertz CT molecular complexity index is 554. The molecule has 0 amide bonds. The van der Waals surface area contributed by atoms with E-state index in [4.69, 9.17) is 5.84 Å². The molecule has 1 atom stereocenters. The third-order valence-corrected chi connectivity index (χ3v) is 2.89. The number of nitrogens with zero attached hydrogens (tertiary/aromatic N) is 1. The number of hydrogen-bond acceptors (Lipinski definition) is 3. The van der Waals surface area contributed by atoms with Gasteiger partial charge in [-0.2, -0.15) is 13.2 Å². The lowest BCUT2D eigenvalue weighted by molar-refractivity contribution is -0.136. The zero-order chi connectivity index (χ0) is 13.9. The van der Waals surface area contributed by atoms with E-state index < -0.39 is 18.6 Å². The van der Waals surface area contributed by atoms with Crippen molar-refractivity contribution in [1.29, 1.82) is 0 Å². The smallest absolute Gasteiger partial charge is 0.271 e. The van der Waals surface area contributed by atoms with Gasteiger partial charge in [-0.15, -0.1) is 0 Å². The maximum absolute atomic E-state index is 12.2. The molecule has 1 aromatic heterocycles. The Morgan fingerprint density at radius 2 is 1.89 bits per heavy atom. The SMILES string of the molecule is NNC(CCC(F)(F)F)c1ccc2ccccc2n1. The molecular formula is C13H14F3N3. The molecule has 0 fully saturated rings. The lowest BCUT2D eigenvalue weighted by Gasteiger charge is -2.16. The lowest BCUT2D eigenvalue weighted by Crippen LogP contribution is -2.29. The Morgan fingerprint density at radius 1 is 1.16 bits per heavy atom. The van der Waals surface area contributed by atoms with Crippen LogP contribution in [0.15, 0.2) is 36.4 Å². The second kappa shape index (κ2) is 5.54. The van der Waals surface area contributed by atoms with Crippen LogP contribution in [0.1, 0.15) is 24.6 Å². The minimum atomic E-state index is -4.19. The topological polar surface area (TPSA) is 50.9 Å². The molecule has 0 radical (unpaired) electrons. The molecule has 2 rings (SSSR count). The molecule has 3 nitrogen and oxygen atoms in total. The Morgan fingerprint density at radius 3 is 2.58 bits per heavy atom. The third kappa shape index (κ3) is 3.65. The van der Waals surface area contributed by atoms with Crippen molar-refractivity contribution in [2.75, 3.05) is 0 Å². The highest BCUT2D eigenvalue weighted by molar-refractivity contribution is 5.78. The zero-order valence-corrected chi connectivity index (χ0v) is 10.1. The quantitative estimate of drug-likeness (QED) is 0.662. The van der Waals surface area contributed by atoms with Gasteiger partial charge in [-0.25, -0.2) is 0 Å². The van der Waals surface area contributed by atoms with Crippen LogP contribution in [-0.2, 0) is 0 Å². The van der Waals surface area contributed by atoms with Gasteiger partial charge in [0.05, 0.1) is 17.3 Å². The summed E-state index contributed by atoms with van der Waals surface area (Å²) in [7, 11) is 0. The Kier molecular flexibility index (Phi) is 4.01. The second-order valence-corrected chi connectivity index (χ2v) is 4.30. The van der Waals surface area contributed by atoms with E-state index in [-0.39, 0.29) is 6.42 Å². The highest BCUT2D eigenvalue weighted by atomic mass is 19.4. The summed E-state index contributed by atoms with van der Waals surface area (Å²) in [5, 5.41) is 0.942. The fraction of sp³-hybridized carbons (Fsp3) is 0.308. The summed E-state index contributed by atoms with van der Waals surface area (Å²) in [6, 6.07) is 10.3. The van der Waals surface area contributed by atoms with E-state index in [0.29, 0.717) is 5.69 Å². The number of fused-ring (bicyclic) bond motifs is 1. The lowest BCUT2D eigenvalue weighted by atomic mass is 10.1. The molecule has 0 spiro atoms. The molecule has 0 aliphatic heterocycles. The molecule has 0 saturated heterocycles. The fourth-order valence-electron chi connectivity index (χ4n) is 1.90. The second-order valence-electron chi connectivity index (χ2n) is 4.30. The zero-order valence-electron chi connectivity index (χ0n) is 10.1. The third-order valence-electron chi connectivity index (χ3n) is 2.89. The van der Waals surface area contributed by atoms with Crippen molar-refractivity contribution < 1.29 is 13.2 Å². The van der Waals surface area contributed by atoms with Crippen molar-refractivity contribution in [3.8, 4) is 0 Å². The van der Waals surface area contributed by atoms with Crippen LogP contribution in [0.5, 0.6) is 0 Å². The van der Waals surface area contributed by atoms with Gasteiger partial charge < -0.3 is 0 Å². The monoisotopic (exact) mass is 269 g/mol. The average Bonchev–Trinajstić information content (AvgIpc) is 2.38. The molecule has 102 valence electrons. The molecular weight excluding hydrogens is 255 g/mol. The number of para-hydroxylation sites is 1. The van der Waals surface area contributed by atoms with E-state index in [9.17, 15) is 13.2 Å². The summed E-state index contributed by atoms with van der Waals surface area (Å²) in [6.07, 6.45) is -5.21. The highest BCUT2D eigenvalue weighted by Crippen LogP contribution is 2.27. The standard InChI is InChI=1S/C13H14F3N3/c14-13(15,16)8-7-12(19-17)11-6-5-9-3-1-2-4-10(9)18-11/h1-6,12,19H,7-8,17H2. The van der Waals surface area contributed by atoms with Crippen LogP contribution in [0.25, 0.3) is 10.9 Å². The number of benzene rings is 1. The van der Waals surface area contributed by atoms with Crippen molar-refractivity contribution in [2.45, 2.75) is 25.1 Å². The predicted molar refractivity (Wildman–Crippen MR) is 67.1 cm³/mol. The maximum Gasteiger partial charge on any atom is 0.389 e. The van der Waals surface area contributed by atoms with Gasteiger partial charge in [0, 0.05) is 11.8 Å². The summed E-state index contributed by atoms with van der Waals surface area (Å²) in [6.45, 7) is 0. The molecule has 1 unspecified atom stereocenters. The van der Waals surface area contributed by atoms with E-state index in [2.05, 4.69) is 10.4 Å². The molecule has 0 aliphatic rings. The Hall–Kier alpha value is -1.66. The van der Waals surface area contributed by atoms with Gasteiger partial charge in [-0.3, -0.25) is 16.3 Å². The van der Waals surface area contributed by atoms with Crippen LogP contribution in [0.3, 0.4) is 0 Å². The fourth-order valence-corrected chi connectivity index (χ4v) is 1.90. The first-order chi connectivity index (χ1) is 8.99.